The maximum absolute atomic E-state index is 13.6. The van der Waals surface area contributed by atoms with Gasteiger partial charge in [0, 0.05) is 29.1 Å². The number of nitrogens with one attached hydrogen (secondary N) is 1. The Morgan fingerprint density at radius 2 is 2.19 bits per heavy atom. The van der Waals surface area contributed by atoms with Gasteiger partial charge in [-0.1, -0.05) is 6.07 Å². The van der Waals surface area contributed by atoms with Crippen LogP contribution in [0.4, 0.5) is 8.78 Å². The van der Waals surface area contributed by atoms with Gasteiger partial charge in [0.05, 0.1) is 6.10 Å². The summed E-state index contributed by atoms with van der Waals surface area (Å²) in [5.41, 5.74) is 1.42. The van der Waals surface area contributed by atoms with Crippen molar-refractivity contribution in [1.29, 1.82) is 0 Å². The van der Waals surface area contributed by atoms with E-state index in [9.17, 15) is 13.9 Å². The van der Waals surface area contributed by atoms with Gasteiger partial charge in [0.2, 0.25) is 0 Å². The molecule has 0 fully saturated rings. The smallest absolute Gasteiger partial charge is 0.131 e. The highest BCUT2D eigenvalue weighted by molar-refractivity contribution is 7.10. The van der Waals surface area contributed by atoms with Crippen LogP contribution in [0.2, 0.25) is 0 Å². The maximum atomic E-state index is 13.6. The Morgan fingerprint density at radius 1 is 1.33 bits per heavy atom. The molecule has 0 saturated heterocycles. The number of aliphatic hydroxyl groups is 1. The summed E-state index contributed by atoms with van der Waals surface area (Å²) >= 11 is 1.76. The van der Waals surface area contributed by atoms with Crippen LogP contribution in [0, 0.1) is 11.6 Å². The topological polar surface area (TPSA) is 32.3 Å². The average Bonchev–Trinajstić information content (AvgIpc) is 2.93. The largest absolute Gasteiger partial charge is 0.387 e. The molecule has 0 spiro atoms. The van der Waals surface area contributed by atoms with Gasteiger partial charge in [0.15, 0.2) is 0 Å². The Bertz CT molecular complexity index is 628. The summed E-state index contributed by atoms with van der Waals surface area (Å²) in [7, 11) is 0. The number of hydrogen-bond acceptors (Lipinski definition) is 3. The molecule has 2 N–H and O–H groups in total. The molecule has 2 aromatic rings. The lowest BCUT2D eigenvalue weighted by atomic mass is 9.94. The Hall–Kier alpha value is -1.30. The Balaban J connectivity index is 1.66. The van der Waals surface area contributed by atoms with Crippen molar-refractivity contribution in [2.24, 2.45) is 0 Å². The molecule has 0 bridgehead atoms. The van der Waals surface area contributed by atoms with Crippen LogP contribution in [0.1, 0.15) is 41.0 Å². The lowest BCUT2D eigenvalue weighted by molar-refractivity contribution is 0.163. The third-order valence-electron chi connectivity index (χ3n) is 3.93. The van der Waals surface area contributed by atoms with E-state index in [2.05, 4.69) is 16.8 Å². The van der Waals surface area contributed by atoms with Crippen LogP contribution in [0.3, 0.4) is 0 Å². The molecule has 1 heterocycles. The fourth-order valence-corrected chi connectivity index (χ4v) is 3.82. The predicted molar refractivity (Wildman–Crippen MR) is 79.3 cm³/mol. The van der Waals surface area contributed by atoms with Gasteiger partial charge in [0.25, 0.3) is 0 Å². The van der Waals surface area contributed by atoms with E-state index in [0.29, 0.717) is 0 Å². The fourth-order valence-electron chi connectivity index (χ4n) is 2.83. The second kappa shape index (κ2) is 6.22. The van der Waals surface area contributed by atoms with Crippen LogP contribution in [-0.2, 0) is 6.42 Å². The van der Waals surface area contributed by atoms with Gasteiger partial charge in [-0.05, 0) is 42.3 Å². The normalized spacial score (nSPS) is 19.3. The molecule has 1 aliphatic rings. The molecule has 2 unspecified atom stereocenters. The lowest BCUT2D eigenvalue weighted by Crippen LogP contribution is -2.28. The zero-order valence-electron chi connectivity index (χ0n) is 11.5. The summed E-state index contributed by atoms with van der Waals surface area (Å²) in [6.45, 7) is 0.252. The van der Waals surface area contributed by atoms with Crippen LogP contribution < -0.4 is 5.32 Å². The molecule has 1 aromatic carbocycles. The van der Waals surface area contributed by atoms with Crippen molar-refractivity contribution in [1.82, 2.24) is 5.32 Å². The predicted octanol–water partition coefficient (Wildman–Crippen LogP) is 3.73. The molecular formula is C16H17F2NOS. The zero-order chi connectivity index (χ0) is 14.8. The monoisotopic (exact) mass is 309 g/mol. The Kier molecular flexibility index (Phi) is 4.33. The van der Waals surface area contributed by atoms with Crippen molar-refractivity contribution >= 4 is 11.3 Å². The first kappa shape index (κ1) is 14.6. The highest BCUT2D eigenvalue weighted by Gasteiger charge is 2.22. The summed E-state index contributed by atoms with van der Waals surface area (Å²) < 4.78 is 26.5. The number of thiophene rings is 1. The third kappa shape index (κ3) is 3.15. The molecular weight excluding hydrogens is 292 g/mol. The van der Waals surface area contributed by atoms with Gasteiger partial charge < -0.3 is 10.4 Å². The maximum Gasteiger partial charge on any atom is 0.131 e. The molecule has 3 rings (SSSR count). The van der Waals surface area contributed by atoms with Crippen molar-refractivity contribution in [3.05, 3.63) is 57.3 Å². The van der Waals surface area contributed by atoms with Crippen molar-refractivity contribution in [2.45, 2.75) is 31.4 Å². The number of aryl methyl sites for hydroxylation is 1. The number of rotatable bonds is 4. The minimum atomic E-state index is -0.977. The molecule has 2 nitrogen and oxygen atoms in total. The average molecular weight is 309 g/mol. The van der Waals surface area contributed by atoms with Gasteiger partial charge >= 0.3 is 0 Å². The standard InChI is InChI=1S/C16H17F2NOS/c17-10-4-5-11(13(18)8-10)15(20)9-19-14-2-1-3-16-12(14)6-7-21-16/h4-8,14-15,19-20H,1-3,9H2. The van der Waals surface area contributed by atoms with Crippen LogP contribution in [-0.4, -0.2) is 11.7 Å². The summed E-state index contributed by atoms with van der Waals surface area (Å²) in [4.78, 5) is 1.39. The quantitative estimate of drug-likeness (QED) is 0.902. The Morgan fingerprint density at radius 3 is 3.00 bits per heavy atom. The van der Waals surface area contributed by atoms with Gasteiger partial charge in [0.1, 0.15) is 11.6 Å². The van der Waals surface area contributed by atoms with Crippen LogP contribution >= 0.6 is 11.3 Å². The highest BCUT2D eigenvalue weighted by atomic mass is 32.1. The van der Waals surface area contributed by atoms with Crippen LogP contribution in [0.15, 0.2) is 29.6 Å². The second-order valence-corrected chi connectivity index (χ2v) is 6.33. The first-order chi connectivity index (χ1) is 10.1. The molecule has 2 atom stereocenters. The van der Waals surface area contributed by atoms with E-state index in [-0.39, 0.29) is 18.2 Å². The van der Waals surface area contributed by atoms with Crippen LogP contribution in [0.5, 0.6) is 0 Å². The summed E-state index contributed by atoms with van der Waals surface area (Å²) in [6.07, 6.45) is 2.27. The second-order valence-electron chi connectivity index (χ2n) is 5.33. The van der Waals surface area contributed by atoms with Crippen molar-refractivity contribution in [2.75, 3.05) is 6.54 Å². The molecule has 0 amide bonds. The Labute approximate surface area is 126 Å². The molecule has 0 saturated carbocycles. The number of fused-ring (bicyclic) bond motifs is 1. The minimum absolute atomic E-state index is 0.130. The molecule has 0 aliphatic heterocycles. The summed E-state index contributed by atoms with van der Waals surface area (Å²) in [5.74, 6) is -1.34. The fraction of sp³-hybridized carbons (Fsp3) is 0.375. The highest BCUT2D eigenvalue weighted by Crippen LogP contribution is 2.33. The van der Waals surface area contributed by atoms with E-state index in [1.807, 2.05) is 0 Å². The number of benzene rings is 1. The number of hydrogen-bond donors (Lipinski definition) is 2. The molecule has 0 radical (unpaired) electrons. The van der Waals surface area contributed by atoms with Crippen molar-refractivity contribution < 1.29 is 13.9 Å². The minimum Gasteiger partial charge on any atom is -0.387 e. The van der Waals surface area contributed by atoms with Crippen molar-refractivity contribution in [3.8, 4) is 0 Å². The van der Waals surface area contributed by atoms with Gasteiger partial charge in [-0.15, -0.1) is 11.3 Å². The van der Waals surface area contributed by atoms with Gasteiger partial charge in [-0.25, -0.2) is 8.78 Å². The van der Waals surface area contributed by atoms with Gasteiger partial charge in [-0.3, -0.25) is 0 Å². The SMILES string of the molecule is OC(CNC1CCCc2sccc21)c1ccc(F)cc1F. The van der Waals surface area contributed by atoms with E-state index in [1.165, 1.54) is 22.6 Å². The molecule has 112 valence electrons. The van der Waals surface area contributed by atoms with E-state index >= 15 is 0 Å². The number of halogens is 2. The van der Waals surface area contributed by atoms with Crippen molar-refractivity contribution in [3.63, 3.8) is 0 Å². The van der Waals surface area contributed by atoms with Gasteiger partial charge in [-0.2, -0.15) is 0 Å². The molecule has 1 aliphatic carbocycles. The zero-order valence-corrected chi connectivity index (χ0v) is 12.3. The molecule has 21 heavy (non-hydrogen) atoms. The molecule has 5 heteroatoms. The van der Waals surface area contributed by atoms with E-state index in [1.54, 1.807) is 11.3 Å². The van der Waals surface area contributed by atoms with Crippen LogP contribution in [0.25, 0.3) is 0 Å². The molecule has 1 aromatic heterocycles. The first-order valence-corrected chi connectivity index (χ1v) is 7.96. The van der Waals surface area contributed by atoms with E-state index in [4.69, 9.17) is 0 Å². The first-order valence-electron chi connectivity index (χ1n) is 7.08. The number of aliphatic hydroxyl groups excluding tert-OH is 1. The lowest BCUT2D eigenvalue weighted by Gasteiger charge is -2.25. The van der Waals surface area contributed by atoms with E-state index < -0.39 is 17.7 Å². The summed E-state index contributed by atoms with van der Waals surface area (Å²) in [6, 6.07) is 5.59. The summed E-state index contributed by atoms with van der Waals surface area (Å²) in [5, 5.41) is 15.5. The van der Waals surface area contributed by atoms with E-state index in [0.717, 1.165) is 25.3 Å². The third-order valence-corrected chi connectivity index (χ3v) is 4.93.